The Bertz CT molecular complexity index is 351. The zero-order chi connectivity index (χ0) is 12.8. The van der Waals surface area contributed by atoms with Crippen molar-refractivity contribution >= 4 is 15.9 Å². The van der Waals surface area contributed by atoms with Crippen LogP contribution in [0.4, 0.5) is 8.78 Å². The highest BCUT2D eigenvalue weighted by Gasteiger charge is 2.20. The first-order valence-electron chi connectivity index (χ1n) is 5.46. The van der Waals surface area contributed by atoms with Crippen LogP contribution in [0.3, 0.4) is 0 Å². The third-order valence-corrected chi connectivity index (χ3v) is 2.82. The Labute approximate surface area is 108 Å². The molecule has 1 aromatic carbocycles. The van der Waals surface area contributed by atoms with E-state index >= 15 is 0 Å². The van der Waals surface area contributed by atoms with Gasteiger partial charge in [0.2, 0.25) is 0 Å². The SMILES string of the molecule is CCCNC(COC)c1c(F)cc(Br)cc1F. The Hall–Kier alpha value is -0.520. The van der Waals surface area contributed by atoms with Crippen molar-refractivity contribution in [2.45, 2.75) is 19.4 Å². The highest BCUT2D eigenvalue weighted by Crippen LogP contribution is 2.25. The number of benzene rings is 1. The van der Waals surface area contributed by atoms with Crippen molar-refractivity contribution in [3.8, 4) is 0 Å². The molecule has 0 bridgehead atoms. The molecule has 1 aromatic rings. The summed E-state index contributed by atoms with van der Waals surface area (Å²) in [4.78, 5) is 0. The lowest BCUT2D eigenvalue weighted by atomic mass is 10.1. The minimum atomic E-state index is -0.567. The van der Waals surface area contributed by atoms with E-state index in [0.717, 1.165) is 6.42 Å². The molecule has 17 heavy (non-hydrogen) atoms. The molecule has 0 heterocycles. The van der Waals surface area contributed by atoms with E-state index in [-0.39, 0.29) is 12.2 Å². The summed E-state index contributed by atoms with van der Waals surface area (Å²) in [6.07, 6.45) is 0.889. The van der Waals surface area contributed by atoms with E-state index in [0.29, 0.717) is 11.0 Å². The molecule has 1 rings (SSSR count). The van der Waals surface area contributed by atoms with E-state index in [1.165, 1.54) is 19.2 Å². The second kappa shape index (κ2) is 7.03. The maximum Gasteiger partial charge on any atom is 0.132 e. The lowest BCUT2D eigenvalue weighted by Gasteiger charge is -2.19. The van der Waals surface area contributed by atoms with Crippen molar-refractivity contribution in [1.82, 2.24) is 5.32 Å². The molecule has 0 radical (unpaired) electrons. The molecule has 0 fully saturated rings. The summed E-state index contributed by atoms with van der Waals surface area (Å²) in [5, 5.41) is 3.07. The minimum absolute atomic E-state index is 0.0310. The van der Waals surface area contributed by atoms with Crippen LogP contribution in [-0.4, -0.2) is 20.3 Å². The van der Waals surface area contributed by atoms with E-state index in [4.69, 9.17) is 4.74 Å². The van der Waals surface area contributed by atoms with Crippen LogP contribution in [-0.2, 0) is 4.74 Å². The Morgan fingerprint density at radius 2 is 1.94 bits per heavy atom. The fourth-order valence-electron chi connectivity index (χ4n) is 1.62. The predicted octanol–water partition coefficient (Wildman–Crippen LogP) is 3.41. The topological polar surface area (TPSA) is 21.3 Å². The molecule has 0 saturated heterocycles. The first-order chi connectivity index (χ1) is 8.10. The van der Waals surface area contributed by atoms with Crippen LogP contribution < -0.4 is 5.32 Å². The van der Waals surface area contributed by atoms with Crippen LogP contribution in [0.1, 0.15) is 24.9 Å². The van der Waals surface area contributed by atoms with Gasteiger partial charge in [-0.1, -0.05) is 22.9 Å². The molecule has 0 aromatic heterocycles. The van der Waals surface area contributed by atoms with Gasteiger partial charge in [-0.3, -0.25) is 0 Å². The number of rotatable bonds is 6. The third kappa shape index (κ3) is 4.01. The van der Waals surface area contributed by atoms with E-state index in [9.17, 15) is 8.78 Å². The number of hydrogen-bond donors (Lipinski definition) is 1. The van der Waals surface area contributed by atoms with E-state index < -0.39 is 17.7 Å². The minimum Gasteiger partial charge on any atom is -0.383 e. The number of hydrogen-bond acceptors (Lipinski definition) is 2. The van der Waals surface area contributed by atoms with Gasteiger partial charge in [0.25, 0.3) is 0 Å². The summed E-state index contributed by atoms with van der Waals surface area (Å²) in [7, 11) is 1.51. The van der Waals surface area contributed by atoms with Gasteiger partial charge >= 0.3 is 0 Å². The van der Waals surface area contributed by atoms with Crippen LogP contribution in [0, 0.1) is 11.6 Å². The summed E-state index contributed by atoms with van der Waals surface area (Å²) in [6, 6.07) is 2.05. The molecule has 0 aliphatic heterocycles. The van der Waals surface area contributed by atoms with Gasteiger partial charge in [-0.05, 0) is 25.1 Å². The maximum atomic E-state index is 13.7. The number of methoxy groups -OCH3 is 1. The van der Waals surface area contributed by atoms with Gasteiger partial charge in [0.1, 0.15) is 11.6 Å². The molecule has 0 aliphatic rings. The summed E-state index contributed by atoms with van der Waals surface area (Å²) in [5.41, 5.74) is 0.0310. The number of nitrogens with one attached hydrogen (secondary N) is 1. The smallest absolute Gasteiger partial charge is 0.132 e. The lowest BCUT2D eigenvalue weighted by molar-refractivity contribution is 0.163. The van der Waals surface area contributed by atoms with Crippen molar-refractivity contribution in [2.75, 3.05) is 20.3 Å². The van der Waals surface area contributed by atoms with Crippen LogP contribution in [0.15, 0.2) is 16.6 Å². The fourth-order valence-corrected chi connectivity index (χ4v) is 2.02. The van der Waals surface area contributed by atoms with Crippen LogP contribution in [0.25, 0.3) is 0 Å². The Balaban J connectivity index is 3.00. The van der Waals surface area contributed by atoms with Gasteiger partial charge < -0.3 is 10.1 Å². The van der Waals surface area contributed by atoms with Crippen molar-refractivity contribution in [3.63, 3.8) is 0 Å². The average Bonchev–Trinajstić information content (AvgIpc) is 2.24. The van der Waals surface area contributed by atoms with Crippen molar-refractivity contribution < 1.29 is 13.5 Å². The molecule has 2 nitrogen and oxygen atoms in total. The number of ether oxygens (including phenoxy) is 1. The van der Waals surface area contributed by atoms with E-state index in [1.807, 2.05) is 6.92 Å². The first kappa shape index (κ1) is 14.5. The summed E-state index contributed by atoms with van der Waals surface area (Å²) in [6.45, 7) is 2.91. The molecular weight excluding hydrogens is 292 g/mol. The van der Waals surface area contributed by atoms with Gasteiger partial charge in [0.05, 0.1) is 12.6 Å². The van der Waals surface area contributed by atoms with Gasteiger partial charge in [0, 0.05) is 17.1 Å². The highest BCUT2D eigenvalue weighted by molar-refractivity contribution is 9.10. The fraction of sp³-hybridized carbons (Fsp3) is 0.500. The summed E-state index contributed by atoms with van der Waals surface area (Å²) < 4.78 is 32.9. The third-order valence-electron chi connectivity index (χ3n) is 2.37. The Morgan fingerprint density at radius 1 is 1.35 bits per heavy atom. The van der Waals surface area contributed by atoms with Crippen LogP contribution in [0.2, 0.25) is 0 Å². The molecule has 0 amide bonds. The van der Waals surface area contributed by atoms with Gasteiger partial charge in [-0.15, -0.1) is 0 Å². The summed E-state index contributed by atoms with van der Waals surface area (Å²) >= 11 is 3.06. The largest absolute Gasteiger partial charge is 0.383 e. The molecular formula is C12H16BrF2NO. The van der Waals surface area contributed by atoms with Crippen molar-refractivity contribution in [1.29, 1.82) is 0 Å². The second-order valence-electron chi connectivity index (χ2n) is 3.75. The van der Waals surface area contributed by atoms with Gasteiger partial charge in [-0.25, -0.2) is 8.78 Å². The van der Waals surface area contributed by atoms with Gasteiger partial charge in [-0.2, -0.15) is 0 Å². The lowest BCUT2D eigenvalue weighted by Crippen LogP contribution is -2.27. The predicted molar refractivity (Wildman–Crippen MR) is 67.0 cm³/mol. The molecule has 0 spiro atoms. The number of halogens is 3. The van der Waals surface area contributed by atoms with E-state index in [2.05, 4.69) is 21.2 Å². The van der Waals surface area contributed by atoms with Gasteiger partial charge in [0.15, 0.2) is 0 Å². The Kier molecular flexibility index (Phi) is 6.02. The zero-order valence-corrected chi connectivity index (χ0v) is 11.5. The van der Waals surface area contributed by atoms with Crippen LogP contribution >= 0.6 is 15.9 Å². The normalized spacial score (nSPS) is 12.8. The first-order valence-corrected chi connectivity index (χ1v) is 6.26. The zero-order valence-electron chi connectivity index (χ0n) is 9.90. The monoisotopic (exact) mass is 307 g/mol. The second-order valence-corrected chi connectivity index (χ2v) is 4.66. The molecule has 1 N–H and O–H groups in total. The molecule has 96 valence electrons. The average molecular weight is 308 g/mol. The molecule has 1 unspecified atom stereocenters. The van der Waals surface area contributed by atoms with Crippen molar-refractivity contribution in [3.05, 3.63) is 33.8 Å². The molecule has 1 atom stereocenters. The van der Waals surface area contributed by atoms with Crippen LogP contribution in [0.5, 0.6) is 0 Å². The molecule has 0 saturated carbocycles. The summed E-state index contributed by atoms with van der Waals surface area (Å²) in [5.74, 6) is -1.13. The molecule has 5 heteroatoms. The van der Waals surface area contributed by atoms with E-state index in [1.54, 1.807) is 0 Å². The maximum absolute atomic E-state index is 13.7. The van der Waals surface area contributed by atoms with Crippen molar-refractivity contribution in [2.24, 2.45) is 0 Å². The quantitative estimate of drug-likeness (QED) is 0.869. The standard InChI is InChI=1S/C12H16BrF2NO/c1-3-4-16-11(7-17-2)12-9(14)5-8(13)6-10(12)15/h5-6,11,16H,3-4,7H2,1-2H3. The highest BCUT2D eigenvalue weighted by atomic mass is 79.9. The Morgan fingerprint density at radius 3 is 2.41 bits per heavy atom. The molecule has 0 aliphatic carbocycles.